The second kappa shape index (κ2) is 2.74. The highest BCUT2D eigenvalue weighted by Gasteiger charge is 2.24. The third-order valence-electron chi connectivity index (χ3n) is 1.71. The quantitative estimate of drug-likeness (QED) is 0.568. The van der Waals surface area contributed by atoms with Gasteiger partial charge in [-0.3, -0.25) is 0 Å². The van der Waals surface area contributed by atoms with E-state index in [0.717, 1.165) is 12.8 Å². The number of hydrogen-bond acceptors (Lipinski definition) is 2. The van der Waals surface area contributed by atoms with Crippen LogP contribution in [0.1, 0.15) is 19.8 Å². The fraction of sp³-hybridized carbons (Fsp3) is 0.714. The van der Waals surface area contributed by atoms with E-state index in [1.807, 2.05) is 6.92 Å². The van der Waals surface area contributed by atoms with Gasteiger partial charge in [0.25, 0.3) is 0 Å². The van der Waals surface area contributed by atoms with Crippen LogP contribution in [0.5, 0.6) is 0 Å². The SMILES string of the molecule is CCC[C@@H]1C=CCS1(=O)=O. The lowest BCUT2D eigenvalue weighted by Crippen LogP contribution is -2.15. The second-order valence-corrected chi connectivity index (χ2v) is 4.85. The predicted molar refractivity (Wildman–Crippen MR) is 41.6 cm³/mol. The molecule has 1 rings (SSSR count). The molecule has 1 atom stereocenters. The van der Waals surface area contributed by atoms with Crippen molar-refractivity contribution in [2.75, 3.05) is 5.75 Å². The minimum atomic E-state index is -2.76. The van der Waals surface area contributed by atoms with E-state index >= 15 is 0 Å². The highest BCUT2D eigenvalue weighted by Crippen LogP contribution is 2.16. The molecule has 0 unspecified atom stereocenters. The van der Waals surface area contributed by atoms with E-state index in [9.17, 15) is 8.42 Å². The minimum Gasteiger partial charge on any atom is -0.228 e. The van der Waals surface area contributed by atoms with E-state index in [2.05, 4.69) is 0 Å². The molecule has 0 aromatic carbocycles. The maximum Gasteiger partial charge on any atom is 0.160 e. The van der Waals surface area contributed by atoms with Crippen LogP contribution in [0.4, 0.5) is 0 Å². The Bertz CT molecular complexity index is 226. The molecule has 0 aliphatic carbocycles. The first kappa shape index (κ1) is 7.79. The number of hydrogen-bond donors (Lipinski definition) is 0. The molecule has 3 heteroatoms. The Morgan fingerprint density at radius 2 is 2.30 bits per heavy atom. The molecule has 0 amide bonds. The molecular weight excluding hydrogens is 148 g/mol. The largest absolute Gasteiger partial charge is 0.228 e. The van der Waals surface area contributed by atoms with Gasteiger partial charge in [0, 0.05) is 0 Å². The molecule has 10 heavy (non-hydrogen) atoms. The Morgan fingerprint density at radius 1 is 1.60 bits per heavy atom. The lowest BCUT2D eigenvalue weighted by atomic mass is 10.2. The summed E-state index contributed by atoms with van der Waals surface area (Å²) >= 11 is 0. The molecule has 0 spiro atoms. The van der Waals surface area contributed by atoms with Crippen molar-refractivity contribution >= 4 is 9.84 Å². The van der Waals surface area contributed by atoms with E-state index in [1.165, 1.54) is 0 Å². The van der Waals surface area contributed by atoms with Gasteiger partial charge in [-0.1, -0.05) is 25.5 Å². The molecule has 1 aliphatic heterocycles. The van der Waals surface area contributed by atoms with Gasteiger partial charge in [0.1, 0.15) is 0 Å². The molecule has 1 heterocycles. The molecule has 0 aromatic rings. The van der Waals surface area contributed by atoms with Crippen LogP contribution in [-0.4, -0.2) is 19.4 Å². The van der Waals surface area contributed by atoms with Gasteiger partial charge in [-0.25, -0.2) is 8.42 Å². The van der Waals surface area contributed by atoms with Crippen molar-refractivity contribution in [2.24, 2.45) is 0 Å². The first-order chi connectivity index (χ1) is 4.67. The summed E-state index contributed by atoms with van der Waals surface area (Å²) in [5.41, 5.74) is 0. The zero-order valence-corrected chi connectivity index (χ0v) is 6.89. The molecule has 0 saturated heterocycles. The Morgan fingerprint density at radius 3 is 2.70 bits per heavy atom. The molecule has 2 nitrogen and oxygen atoms in total. The lowest BCUT2D eigenvalue weighted by molar-refractivity contribution is 0.589. The lowest BCUT2D eigenvalue weighted by Gasteiger charge is -2.04. The zero-order valence-electron chi connectivity index (χ0n) is 6.08. The molecule has 0 N–H and O–H groups in total. The van der Waals surface area contributed by atoms with Crippen molar-refractivity contribution in [3.63, 3.8) is 0 Å². The highest BCUT2D eigenvalue weighted by molar-refractivity contribution is 7.92. The normalized spacial score (nSPS) is 29.1. The van der Waals surface area contributed by atoms with E-state index in [1.54, 1.807) is 12.2 Å². The third kappa shape index (κ3) is 1.40. The first-order valence-electron chi connectivity index (χ1n) is 3.55. The smallest absolute Gasteiger partial charge is 0.160 e. The average Bonchev–Trinajstić information content (AvgIpc) is 2.13. The summed E-state index contributed by atoms with van der Waals surface area (Å²) in [6.45, 7) is 2.00. The molecular formula is C7H12O2S. The number of rotatable bonds is 2. The van der Waals surface area contributed by atoms with Gasteiger partial charge in [-0.15, -0.1) is 0 Å². The second-order valence-electron chi connectivity index (χ2n) is 2.58. The van der Waals surface area contributed by atoms with Gasteiger partial charge in [0.05, 0.1) is 11.0 Å². The van der Waals surface area contributed by atoms with Gasteiger partial charge in [0.15, 0.2) is 9.84 Å². The summed E-state index contributed by atoms with van der Waals surface area (Å²) in [5, 5.41) is -0.183. The Balaban J connectivity index is 2.68. The van der Waals surface area contributed by atoms with Crippen molar-refractivity contribution in [2.45, 2.75) is 25.0 Å². The van der Waals surface area contributed by atoms with Crippen LogP contribution in [0.15, 0.2) is 12.2 Å². The van der Waals surface area contributed by atoms with Gasteiger partial charge >= 0.3 is 0 Å². The fourth-order valence-corrected chi connectivity index (χ4v) is 2.72. The van der Waals surface area contributed by atoms with E-state index in [4.69, 9.17) is 0 Å². The van der Waals surface area contributed by atoms with Crippen molar-refractivity contribution in [3.05, 3.63) is 12.2 Å². The Labute approximate surface area is 61.9 Å². The molecule has 58 valence electrons. The third-order valence-corrected chi connectivity index (χ3v) is 3.69. The summed E-state index contributed by atoms with van der Waals surface area (Å²) in [6.07, 6.45) is 5.27. The van der Waals surface area contributed by atoms with E-state index < -0.39 is 9.84 Å². The maximum absolute atomic E-state index is 11.1. The van der Waals surface area contributed by atoms with Crippen LogP contribution >= 0.6 is 0 Å². The van der Waals surface area contributed by atoms with Crippen LogP contribution in [-0.2, 0) is 9.84 Å². The van der Waals surface area contributed by atoms with Crippen LogP contribution in [0.2, 0.25) is 0 Å². The summed E-state index contributed by atoms with van der Waals surface area (Å²) < 4.78 is 22.2. The molecule has 0 aromatic heterocycles. The van der Waals surface area contributed by atoms with Gasteiger partial charge < -0.3 is 0 Å². The molecule has 0 bridgehead atoms. The van der Waals surface area contributed by atoms with Gasteiger partial charge in [-0.05, 0) is 6.42 Å². The zero-order chi connectivity index (χ0) is 7.61. The van der Waals surface area contributed by atoms with E-state index in [0.29, 0.717) is 0 Å². The summed E-state index contributed by atoms with van der Waals surface area (Å²) in [6, 6.07) is 0. The van der Waals surface area contributed by atoms with Crippen LogP contribution < -0.4 is 0 Å². The van der Waals surface area contributed by atoms with E-state index in [-0.39, 0.29) is 11.0 Å². The number of sulfone groups is 1. The van der Waals surface area contributed by atoms with Gasteiger partial charge in [-0.2, -0.15) is 0 Å². The minimum absolute atomic E-state index is 0.183. The van der Waals surface area contributed by atoms with Crippen molar-refractivity contribution in [3.8, 4) is 0 Å². The standard InChI is InChI=1S/C7H12O2S/c1-2-4-7-5-3-6-10(7,8)9/h3,5,7H,2,4,6H2,1H3/t7-/m1/s1. The molecule has 0 saturated carbocycles. The van der Waals surface area contributed by atoms with Crippen molar-refractivity contribution in [1.82, 2.24) is 0 Å². The summed E-state index contributed by atoms with van der Waals surface area (Å²) in [5.74, 6) is 0.248. The molecule has 0 fully saturated rings. The first-order valence-corrected chi connectivity index (χ1v) is 5.26. The maximum atomic E-state index is 11.1. The van der Waals surface area contributed by atoms with Crippen LogP contribution in [0.3, 0.4) is 0 Å². The van der Waals surface area contributed by atoms with Crippen molar-refractivity contribution < 1.29 is 8.42 Å². The average molecular weight is 160 g/mol. The molecule has 0 radical (unpaired) electrons. The highest BCUT2D eigenvalue weighted by atomic mass is 32.2. The van der Waals surface area contributed by atoms with Gasteiger partial charge in [0.2, 0.25) is 0 Å². The van der Waals surface area contributed by atoms with Crippen LogP contribution in [0.25, 0.3) is 0 Å². The Hall–Kier alpha value is -0.310. The predicted octanol–water partition coefficient (Wildman–Crippen LogP) is 1.14. The van der Waals surface area contributed by atoms with Crippen molar-refractivity contribution in [1.29, 1.82) is 0 Å². The Kier molecular flexibility index (Phi) is 2.14. The summed E-state index contributed by atoms with van der Waals surface area (Å²) in [4.78, 5) is 0. The molecule has 1 aliphatic rings. The topological polar surface area (TPSA) is 34.1 Å². The van der Waals surface area contributed by atoms with Crippen LogP contribution in [0, 0.1) is 0 Å². The monoisotopic (exact) mass is 160 g/mol. The fourth-order valence-electron chi connectivity index (χ4n) is 1.15. The summed E-state index contributed by atoms with van der Waals surface area (Å²) in [7, 11) is -2.76.